The van der Waals surface area contributed by atoms with Gasteiger partial charge in [-0.1, -0.05) is 72.3 Å². The Labute approximate surface area is 200 Å². The summed E-state index contributed by atoms with van der Waals surface area (Å²) in [5.74, 6) is 0.883. The monoisotopic (exact) mass is 453 g/mol. The van der Waals surface area contributed by atoms with Crippen molar-refractivity contribution >= 4 is 42.5 Å². The van der Waals surface area contributed by atoms with E-state index >= 15 is 0 Å². The highest BCUT2D eigenvalue weighted by Gasteiger charge is 2.20. The number of nitrogens with one attached hydrogen (secondary N) is 1. The number of fused-ring (bicyclic) bond motifs is 1. The molecule has 2 aromatic carbocycles. The standard InChI is InChI=1S/C26H25BClN5/c27-22-18-29-33-25(17-24(31-26(22)33)21-10-4-5-11-23(21)28)30-20-12-15-32(16-13-20)14-6-9-19-7-2-1-3-8-19/h1-11,17-18,20,30H,12-16H2/b9-6+. The molecule has 164 valence electrons. The number of nitrogens with zero attached hydrogens (tertiary/aromatic N) is 4. The predicted molar refractivity (Wildman–Crippen MR) is 137 cm³/mol. The van der Waals surface area contributed by atoms with Gasteiger partial charge in [0.05, 0.1) is 5.69 Å². The maximum Gasteiger partial charge on any atom is 0.150 e. The van der Waals surface area contributed by atoms with Crippen molar-refractivity contribution in [1.29, 1.82) is 0 Å². The third kappa shape index (κ3) is 4.97. The summed E-state index contributed by atoms with van der Waals surface area (Å²) in [5, 5.41) is 8.79. The number of anilines is 1. The zero-order valence-electron chi connectivity index (χ0n) is 18.4. The van der Waals surface area contributed by atoms with Crippen LogP contribution in [-0.4, -0.2) is 53.0 Å². The molecule has 0 unspecified atom stereocenters. The van der Waals surface area contributed by atoms with Crippen molar-refractivity contribution in [3.63, 3.8) is 0 Å². The summed E-state index contributed by atoms with van der Waals surface area (Å²) < 4.78 is 1.78. The molecule has 2 aromatic heterocycles. The van der Waals surface area contributed by atoms with E-state index in [2.05, 4.69) is 51.7 Å². The topological polar surface area (TPSA) is 45.5 Å². The van der Waals surface area contributed by atoms with Gasteiger partial charge in [0.15, 0.2) is 5.65 Å². The minimum absolute atomic E-state index is 0.356. The lowest BCUT2D eigenvalue weighted by atomic mass is 10.0. The van der Waals surface area contributed by atoms with Gasteiger partial charge in [0.2, 0.25) is 0 Å². The second-order valence-corrected chi connectivity index (χ2v) is 8.78. The third-order valence-corrected chi connectivity index (χ3v) is 6.39. The zero-order valence-corrected chi connectivity index (χ0v) is 19.1. The smallest absolute Gasteiger partial charge is 0.150 e. The number of likely N-dealkylation sites (tertiary alicyclic amines) is 1. The van der Waals surface area contributed by atoms with Crippen LogP contribution in [0, 0.1) is 0 Å². The van der Waals surface area contributed by atoms with Crippen LogP contribution in [0.25, 0.3) is 23.0 Å². The Morgan fingerprint density at radius 2 is 1.82 bits per heavy atom. The van der Waals surface area contributed by atoms with Crippen LogP contribution in [0.5, 0.6) is 0 Å². The Balaban J connectivity index is 1.28. The first kappa shape index (κ1) is 21.7. The lowest BCUT2D eigenvalue weighted by Crippen LogP contribution is -2.39. The molecule has 0 saturated carbocycles. The quantitative estimate of drug-likeness (QED) is 0.439. The van der Waals surface area contributed by atoms with E-state index < -0.39 is 0 Å². The van der Waals surface area contributed by atoms with Crippen LogP contribution in [0.4, 0.5) is 5.82 Å². The van der Waals surface area contributed by atoms with E-state index in [1.807, 2.05) is 36.4 Å². The third-order valence-electron chi connectivity index (χ3n) is 6.06. The van der Waals surface area contributed by atoms with Crippen molar-refractivity contribution in [2.75, 3.05) is 25.0 Å². The van der Waals surface area contributed by atoms with Crippen LogP contribution in [0.1, 0.15) is 18.4 Å². The first-order chi connectivity index (χ1) is 16.2. The summed E-state index contributed by atoms with van der Waals surface area (Å²) in [5.41, 5.74) is 4.09. The molecule has 1 fully saturated rings. The average Bonchev–Trinajstić information content (AvgIpc) is 3.22. The molecule has 0 spiro atoms. The molecule has 0 bridgehead atoms. The first-order valence-corrected chi connectivity index (χ1v) is 11.6. The van der Waals surface area contributed by atoms with E-state index in [4.69, 9.17) is 24.4 Å². The fourth-order valence-electron chi connectivity index (χ4n) is 4.26. The Kier molecular flexibility index (Phi) is 6.47. The number of hydrogen-bond acceptors (Lipinski definition) is 4. The second-order valence-electron chi connectivity index (χ2n) is 8.37. The molecule has 3 heterocycles. The number of halogens is 1. The Hall–Kier alpha value is -3.09. The number of rotatable bonds is 6. The molecule has 0 amide bonds. The summed E-state index contributed by atoms with van der Waals surface area (Å²) in [6.07, 6.45) is 8.20. The minimum Gasteiger partial charge on any atom is -0.367 e. The molecule has 33 heavy (non-hydrogen) atoms. The van der Waals surface area contributed by atoms with Crippen LogP contribution in [-0.2, 0) is 0 Å². The Bertz CT molecular complexity index is 1260. The predicted octanol–water partition coefficient (Wildman–Crippen LogP) is 4.43. The highest BCUT2D eigenvalue weighted by Crippen LogP contribution is 2.29. The van der Waals surface area contributed by atoms with Crippen LogP contribution < -0.4 is 10.8 Å². The Morgan fingerprint density at radius 3 is 2.61 bits per heavy atom. The van der Waals surface area contributed by atoms with Gasteiger partial charge >= 0.3 is 0 Å². The van der Waals surface area contributed by atoms with Gasteiger partial charge in [-0.05, 0) is 29.9 Å². The molecule has 0 atom stereocenters. The molecule has 1 aliphatic rings. The molecule has 5 rings (SSSR count). The molecule has 0 aliphatic carbocycles. The van der Waals surface area contributed by atoms with Crippen LogP contribution in [0.2, 0.25) is 5.02 Å². The molecule has 7 heteroatoms. The SMILES string of the molecule is [B]c1cnn2c(NC3CCN(C/C=C/c4ccccc4)CC3)cc(-c3ccccc3Cl)nc12. The van der Waals surface area contributed by atoms with Crippen LogP contribution in [0.15, 0.2) is 72.9 Å². The summed E-state index contributed by atoms with van der Waals surface area (Å²) in [4.78, 5) is 7.21. The van der Waals surface area contributed by atoms with Gasteiger partial charge in [0.25, 0.3) is 0 Å². The highest BCUT2D eigenvalue weighted by atomic mass is 35.5. The summed E-state index contributed by atoms with van der Waals surface area (Å²) in [6, 6.07) is 20.5. The maximum atomic E-state index is 6.44. The lowest BCUT2D eigenvalue weighted by molar-refractivity contribution is 0.240. The van der Waals surface area contributed by atoms with Crippen molar-refractivity contribution < 1.29 is 0 Å². The molecule has 4 aromatic rings. The van der Waals surface area contributed by atoms with E-state index in [0.717, 1.165) is 49.6 Å². The molecular weight excluding hydrogens is 429 g/mol. The largest absolute Gasteiger partial charge is 0.367 e. The number of piperidine rings is 1. The maximum absolute atomic E-state index is 6.44. The summed E-state index contributed by atoms with van der Waals surface area (Å²) in [7, 11) is 6.15. The average molecular weight is 454 g/mol. The van der Waals surface area contributed by atoms with E-state index in [1.165, 1.54) is 5.56 Å². The van der Waals surface area contributed by atoms with E-state index in [1.54, 1.807) is 10.7 Å². The lowest BCUT2D eigenvalue weighted by Gasteiger charge is -2.32. The van der Waals surface area contributed by atoms with Crippen LogP contribution in [0.3, 0.4) is 0 Å². The van der Waals surface area contributed by atoms with Crippen molar-refractivity contribution in [1.82, 2.24) is 19.5 Å². The normalized spacial score (nSPS) is 15.4. The Morgan fingerprint density at radius 1 is 1.06 bits per heavy atom. The fourth-order valence-corrected chi connectivity index (χ4v) is 4.49. The summed E-state index contributed by atoms with van der Waals surface area (Å²) >= 11 is 6.44. The van der Waals surface area contributed by atoms with E-state index in [-0.39, 0.29) is 0 Å². The van der Waals surface area contributed by atoms with Crippen molar-refractivity contribution in [2.45, 2.75) is 18.9 Å². The van der Waals surface area contributed by atoms with E-state index in [9.17, 15) is 0 Å². The van der Waals surface area contributed by atoms with Gasteiger partial charge in [0, 0.05) is 48.5 Å². The molecule has 1 aliphatic heterocycles. The molecule has 5 nitrogen and oxygen atoms in total. The van der Waals surface area contributed by atoms with Gasteiger partial charge in [-0.3, -0.25) is 4.90 Å². The van der Waals surface area contributed by atoms with Crippen molar-refractivity contribution in [2.24, 2.45) is 0 Å². The second kappa shape index (κ2) is 9.81. The van der Waals surface area contributed by atoms with Gasteiger partial charge in [-0.15, -0.1) is 0 Å². The number of benzene rings is 2. The van der Waals surface area contributed by atoms with E-state index in [0.29, 0.717) is 22.2 Å². The fraction of sp³-hybridized carbons (Fsp3) is 0.231. The van der Waals surface area contributed by atoms with Crippen LogP contribution >= 0.6 is 11.6 Å². The molecule has 2 radical (unpaired) electrons. The molecular formula is C26H25BClN5. The molecule has 1 saturated heterocycles. The van der Waals surface area contributed by atoms with Gasteiger partial charge in [-0.25, -0.2) is 4.98 Å². The molecule has 1 N–H and O–H groups in total. The van der Waals surface area contributed by atoms with Crippen molar-refractivity contribution in [3.8, 4) is 11.3 Å². The van der Waals surface area contributed by atoms with Gasteiger partial charge in [-0.2, -0.15) is 9.61 Å². The van der Waals surface area contributed by atoms with Gasteiger partial charge < -0.3 is 5.32 Å². The minimum atomic E-state index is 0.356. The zero-order chi connectivity index (χ0) is 22.6. The number of hydrogen-bond donors (Lipinski definition) is 1. The first-order valence-electron chi connectivity index (χ1n) is 11.3. The highest BCUT2D eigenvalue weighted by molar-refractivity contribution is 6.36. The summed E-state index contributed by atoms with van der Waals surface area (Å²) in [6.45, 7) is 3.06. The van der Waals surface area contributed by atoms with Gasteiger partial charge in [0.1, 0.15) is 13.7 Å². The number of aromatic nitrogens is 3. The van der Waals surface area contributed by atoms with Crippen molar-refractivity contribution in [3.05, 3.63) is 83.5 Å².